The Bertz CT molecular complexity index is 365. The average molecular weight is 267 g/mol. The first-order chi connectivity index (χ1) is 9.21. The SMILES string of the molecule is COC(=O)[C@H](CC(OC)OC)NCc1ccccc1. The Kier molecular flexibility index (Phi) is 7.10. The minimum Gasteiger partial charge on any atom is -0.468 e. The lowest BCUT2D eigenvalue weighted by molar-refractivity contribution is -0.150. The number of carbonyl (C=O) groups is 1. The Balaban J connectivity index is 2.57. The Morgan fingerprint density at radius 2 is 1.79 bits per heavy atom. The number of methoxy groups -OCH3 is 3. The second-order valence-corrected chi connectivity index (χ2v) is 4.08. The van der Waals surface area contributed by atoms with E-state index in [0.717, 1.165) is 5.56 Å². The van der Waals surface area contributed by atoms with E-state index in [9.17, 15) is 4.79 Å². The van der Waals surface area contributed by atoms with Crippen molar-refractivity contribution in [2.24, 2.45) is 0 Å². The molecule has 1 N–H and O–H groups in total. The van der Waals surface area contributed by atoms with Gasteiger partial charge in [0.25, 0.3) is 0 Å². The monoisotopic (exact) mass is 267 g/mol. The molecule has 1 aromatic carbocycles. The van der Waals surface area contributed by atoms with Crippen molar-refractivity contribution in [3.05, 3.63) is 35.9 Å². The van der Waals surface area contributed by atoms with Crippen LogP contribution in [0.3, 0.4) is 0 Å². The molecule has 0 aliphatic heterocycles. The lowest BCUT2D eigenvalue weighted by Gasteiger charge is -2.21. The van der Waals surface area contributed by atoms with Gasteiger partial charge in [-0.2, -0.15) is 0 Å². The molecule has 0 fully saturated rings. The smallest absolute Gasteiger partial charge is 0.323 e. The van der Waals surface area contributed by atoms with Crippen molar-refractivity contribution in [3.63, 3.8) is 0 Å². The van der Waals surface area contributed by atoms with Gasteiger partial charge in [0.1, 0.15) is 6.04 Å². The molecule has 106 valence electrons. The largest absolute Gasteiger partial charge is 0.468 e. The summed E-state index contributed by atoms with van der Waals surface area (Å²) in [6.07, 6.45) is -0.0423. The molecular weight excluding hydrogens is 246 g/mol. The number of hydrogen-bond donors (Lipinski definition) is 1. The van der Waals surface area contributed by atoms with E-state index in [1.807, 2.05) is 30.3 Å². The van der Waals surface area contributed by atoms with Crippen LogP contribution in [0.25, 0.3) is 0 Å². The van der Waals surface area contributed by atoms with Gasteiger partial charge in [-0.25, -0.2) is 0 Å². The summed E-state index contributed by atoms with van der Waals surface area (Å²) >= 11 is 0. The molecule has 1 atom stereocenters. The fourth-order valence-electron chi connectivity index (χ4n) is 1.72. The van der Waals surface area contributed by atoms with E-state index in [4.69, 9.17) is 14.2 Å². The molecule has 0 saturated carbocycles. The third kappa shape index (κ3) is 5.38. The van der Waals surface area contributed by atoms with E-state index >= 15 is 0 Å². The second kappa shape index (κ2) is 8.63. The zero-order chi connectivity index (χ0) is 14.1. The van der Waals surface area contributed by atoms with Gasteiger partial charge in [-0.1, -0.05) is 30.3 Å². The van der Waals surface area contributed by atoms with Crippen LogP contribution in [-0.4, -0.2) is 39.6 Å². The summed E-state index contributed by atoms with van der Waals surface area (Å²) in [7, 11) is 4.45. The standard InChI is InChI=1S/C14H21NO4/c1-17-13(18-2)9-12(14(16)19-3)15-10-11-7-5-4-6-8-11/h4-8,12-13,15H,9-10H2,1-3H3/t12-/m0/s1. The first-order valence-electron chi connectivity index (χ1n) is 6.12. The Hall–Kier alpha value is -1.43. The predicted molar refractivity (Wildman–Crippen MR) is 71.5 cm³/mol. The lowest BCUT2D eigenvalue weighted by atomic mass is 10.1. The highest BCUT2D eigenvalue weighted by atomic mass is 16.7. The normalized spacial score (nSPS) is 12.4. The number of hydrogen-bond acceptors (Lipinski definition) is 5. The lowest BCUT2D eigenvalue weighted by Crippen LogP contribution is -2.40. The van der Waals surface area contributed by atoms with Crippen molar-refractivity contribution < 1.29 is 19.0 Å². The minimum absolute atomic E-state index is 0.324. The molecule has 0 amide bonds. The molecule has 0 bridgehead atoms. The zero-order valence-corrected chi connectivity index (χ0v) is 11.6. The van der Waals surface area contributed by atoms with Gasteiger partial charge in [-0.3, -0.25) is 4.79 Å². The van der Waals surface area contributed by atoms with Gasteiger partial charge in [0.2, 0.25) is 0 Å². The molecule has 5 heteroatoms. The number of benzene rings is 1. The fraction of sp³-hybridized carbons (Fsp3) is 0.500. The second-order valence-electron chi connectivity index (χ2n) is 4.08. The maximum Gasteiger partial charge on any atom is 0.323 e. The fourth-order valence-corrected chi connectivity index (χ4v) is 1.72. The Morgan fingerprint density at radius 1 is 1.16 bits per heavy atom. The van der Waals surface area contributed by atoms with Gasteiger partial charge < -0.3 is 19.5 Å². The first kappa shape index (κ1) is 15.6. The molecular formula is C14H21NO4. The Morgan fingerprint density at radius 3 is 2.32 bits per heavy atom. The molecule has 0 aromatic heterocycles. The highest BCUT2D eigenvalue weighted by Crippen LogP contribution is 2.06. The van der Waals surface area contributed by atoms with Crippen LogP contribution in [0.4, 0.5) is 0 Å². The molecule has 5 nitrogen and oxygen atoms in total. The number of ether oxygens (including phenoxy) is 3. The van der Waals surface area contributed by atoms with Crippen LogP contribution < -0.4 is 5.32 Å². The van der Waals surface area contributed by atoms with Crippen LogP contribution in [0.1, 0.15) is 12.0 Å². The van der Waals surface area contributed by atoms with E-state index in [-0.39, 0.29) is 5.97 Å². The first-order valence-corrected chi connectivity index (χ1v) is 6.12. The van der Waals surface area contributed by atoms with E-state index in [0.29, 0.717) is 13.0 Å². The zero-order valence-electron chi connectivity index (χ0n) is 11.6. The molecule has 0 aliphatic carbocycles. The number of carbonyl (C=O) groups excluding carboxylic acids is 1. The maximum absolute atomic E-state index is 11.7. The van der Waals surface area contributed by atoms with Crippen LogP contribution in [0.2, 0.25) is 0 Å². The van der Waals surface area contributed by atoms with Gasteiger partial charge in [0, 0.05) is 27.2 Å². The van der Waals surface area contributed by atoms with Crippen molar-refractivity contribution >= 4 is 5.97 Å². The third-order valence-corrected chi connectivity index (χ3v) is 2.84. The molecule has 1 rings (SSSR count). The summed E-state index contributed by atoms with van der Waals surface area (Å²) in [6, 6.07) is 9.38. The van der Waals surface area contributed by atoms with Gasteiger partial charge in [-0.05, 0) is 5.56 Å². The van der Waals surface area contributed by atoms with Crippen LogP contribution in [0.5, 0.6) is 0 Å². The minimum atomic E-state index is -0.463. The van der Waals surface area contributed by atoms with Crippen molar-refractivity contribution in [3.8, 4) is 0 Å². The molecule has 0 unspecified atom stereocenters. The summed E-state index contributed by atoms with van der Waals surface area (Å²) in [5.74, 6) is -0.324. The van der Waals surface area contributed by atoms with E-state index in [2.05, 4.69) is 5.32 Å². The van der Waals surface area contributed by atoms with Crippen LogP contribution in [0, 0.1) is 0 Å². The highest BCUT2D eigenvalue weighted by molar-refractivity contribution is 5.75. The van der Waals surface area contributed by atoms with E-state index in [1.54, 1.807) is 14.2 Å². The summed E-state index contributed by atoms with van der Waals surface area (Å²) in [6.45, 7) is 0.584. The van der Waals surface area contributed by atoms with Crippen LogP contribution in [-0.2, 0) is 25.5 Å². The molecule has 0 spiro atoms. The molecule has 0 aliphatic rings. The van der Waals surface area contributed by atoms with Gasteiger partial charge in [-0.15, -0.1) is 0 Å². The quantitative estimate of drug-likeness (QED) is 0.569. The van der Waals surface area contributed by atoms with Gasteiger partial charge >= 0.3 is 5.97 Å². The molecule has 0 radical (unpaired) electrons. The topological polar surface area (TPSA) is 56.8 Å². The van der Waals surface area contributed by atoms with Gasteiger partial charge in [0.15, 0.2) is 6.29 Å². The molecule has 0 saturated heterocycles. The predicted octanol–water partition coefficient (Wildman–Crippen LogP) is 1.33. The summed E-state index contributed by atoms with van der Waals surface area (Å²) < 4.78 is 15.0. The van der Waals surface area contributed by atoms with E-state index < -0.39 is 12.3 Å². The van der Waals surface area contributed by atoms with Crippen molar-refractivity contribution in [1.29, 1.82) is 0 Å². The van der Waals surface area contributed by atoms with Crippen molar-refractivity contribution in [1.82, 2.24) is 5.32 Å². The number of nitrogens with one attached hydrogen (secondary N) is 1. The van der Waals surface area contributed by atoms with Crippen LogP contribution in [0.15, 0.2) is 30.3 Å². The maximum atomic E-state index is 11.7. The average Bonchev–Trinajstić information content (AvgIpc) is 2.48. The number of rotatable bonds is 8. The van der Waals surface area contributed by atoms with Crippen molar-refractivity contribution in [2.75, 3.05) is 21.3 Å². The Labute approximate surface area is 113 Å². The van der Waals surface area contributed by atoms with Gasteiger partial charge in [0.05, 0.1) is 7.11 Å². The molecule has 19 heavy (non-hydrogen) atoms. The highest BCUT2D eigenvalue weighted by Gasteiger charge is 2.23. The molecule has 0 heterocycles. The summed E-state index contributed by atoms with van der Waals surface area (Å²) in [5.41, 5.74) is 1.10. The van der Waals surface area contributed by atoms with Crippen molar-refractivity contribution in [2.45, 2.75) is 25.3 Å². The summed E-state index contributed by atoms with van der Waals surface area (Å²) in [4.78, 5) is 11.7. The van der Waals surface area contributed by atoms with Crippen LogP contribution >= 0.6 is 0 Å². The molecule has 1 aromatic rings. The summed E-state index contributed by atoms with van der Waals surface area (Å²) in [5, 5.41) is 3.15. The van der Waals surface area contributed by atoms with E-state index in [1.165, 1.54) is 7.11 Å². The third-order valence-electron chi connectivity index (χ3n) is 2.84. The number of esters is 1.